The minimum absolute atomic E-state index is 0.101. The topological polar surface area (TPSA) is 59.8 Å². The van der Waals surface area contributed by atoms with Gasteiger partial charge in [0.05, 0.1) is 5.75 Å². The number of carbonyl (C=O) groups is 1. The smallest absolute Gasteiger partial charge is 0.230 e. The van der Waals surface area contributed by atoms with Gasteiger partial charge in [-0.05, 0) is 25.7 Å². The molecule has 1 aliphatic rings. The highest BCUT2D eigenvalue weighted by Gasteiger charge is 2.22. The Morgan fingerprint density at radius 2 is 2.16 bits per heavy atom. The van der Waals surface area contributed by atoms with Gasteiger partial charge < -0.3 is 9.88 Å². The summed E-state index contributed by atoms with van der Waals surface area (Å²) in [6, 6.07) is 0.350. The maximum absolute atomic E-state index is 12.0. The van der Waals surface area contributed by atoms with Crippen molar-refractivity contribution in [2.45, 2.75) is 50.7 Å². The number of hydrogen-bond acceptors (Lipinski definition) is 4. The number of carbonyl (C=O) groups excluding carboxylic acids is 1. The van der Waals surface area contributed by atoms with Gasteiger partial charge in [-0.25, -0.2) is 0 Å². The van der Waals surface area contributed by atoms with Crippen LogP contribution in [-0.4, -0.2) is 32.5 Å². The minimum Gasteiger partial charge on any atom is -0.352 e. The highest BCUT2D eigenvalue weighted by atomic mass is 32.2. The fourth-order valence-corrected chi connectivity index (χ4v) is 3.19. The molecular formula is C13H22N4OS. The Morgan fingerprint density at radius 1 is 1.42 bits per heavy atom. The first-order valence-corrected chi connectivity index (χ1v) is 7.84. The molecule has 0 bridgehead atoms. The molecule has 1 saturated carbocycles. The lowest BCUT2D eigenvalue weighted by atomic mass is 9.86. The Kier molecular flexibility index (Phi) is 4.85. The minimum atomic E-state index is 0.101. The van der Waals surface area contributed by atoms with Crippen LogP contribution in [0.5, 0.6) is 0 Å². The number of thioether (sulfide) groups is 1. The van der Waals surface area contributed by atoms with Gasteiger partial charge in [0.25, 0.3) is 0 Å². The van der Waals surface area contributed by atoms with Crippen molar-refractivity contribution >= 4 is 17.7 Å². The number of amides is 1. The van der Waals surface area contributed by atoms with Gasteiger partial charge in [-0.2, -0.15) is 0 Å². The van der Waals surface area contributed by atoms with Gasteiger partial charge in [-0.15, -0.1) is 10.2 Å². The molecule has 0 saturated heterocycles. The Labute approximate surface area is 118 Å². The average molecular weight is 282 g/mol. The summed E-state index contributed by atoms with van der Waals surface area (Å²) in [7, 11) is 1.92. The van der Waals surface area contributed by atoms with Crippen LogP contribution in [0.15, 0.2) is 5.16 Å². The van der Waals surface area contributed by atoms with Crippen molar-refractivity contribution in [3.8, 4) is 0 Å². The zero-order valence-corrected chi connectivity index (χ0v) is 12.7. The number of rotatable bonds is 4. The van der Waals surface area contributed by atoms with Gasteiger partial charge >= 0.3 is 0 Å². The predicted molar refractivity (Wildman–Crippen MR) is 76.0 cm³/mol. The number of hydrogen-bond donors (Lipinski definition) is 1. The molecule has 0 unspecified atom stereocenters. The highest BCUT2D eigenvalue weighted by molar-refractivity contribution is 7.99. The van der Waals surface area contributed by atoms with Crippen LogP contribution in [0, 0.1) is 12.8 Å². The number of nitrogens with zero attached hydrogens (tertiary/aromatic N) is 3. The number of aromatic nitrogens is 3. The molecule has 2 rings (SSSR count). The molecule has 1 aliphatic carbocycles. The summed E-state index contributed by atoms with van der Waals surface area (Å²) in [5.41, 5.74) is 0. The second-order valence-electron chi connectivity index (χ2n) is 5.31. The molecule has 2 atom stereocenters. The lowest BCUT2D eigenvalue weighted by Gasteiger charge is -2.29. The van der Waals surface area contributed by atoms with Crippen LogP contribution < -0.4 is 5.32 Å². The first-order chi connectivity index (χ1) is 9.08. The van der Waals surface area contributed by atoms with E-state index in [9.17, 15) is 4.79 Å². The third kappa shape index (κ3) is 3.72. The number of aryl methyl sites for hydroxylation is 1. The molecule has 1 aromatic rings. The summed E-state index contributed by atoms with van der Waals surface area (Å²) in [6.07, 6.45) is 4.85. The molecule has 1 N–H and O–H groups in total. The predicted octanol–water partition coefficient (Wildman–Crippen LogP) is 1.91. The summed E-state index contributed by atoms with van der Waals surface area (Å²) in [4.78, 5) is 12.0. The van der Waals surface area contributed by atoms with Gasteiger partial charge in [-0.1, -0.05) is 31.5 Å². The third-order valence-corrected chi connectivity index (χ3v) is 4.86. The molecule has 1 amide bonds. The van der Waals surface area contributed by atoms with Gasteiger partial charge in [0.1, 0.15) is 5.82 Å². The van der Waals surface area contributed by atoms with Crippen molar-refractivity contribution in [2.24, 2.45) is 13.0 Å². The van der Waals surface area contributed by atoms with Crippen LogP contribution in [0.25, 0.3) is 0 Å². The van der Waals surface area contributed by atoms with Crippen LogP contribution >= 0.6 is 11.8 Å². The second-order valence-corrected chi connectivity index (χ2v) is 6.26. The Balaban J connectivity index is 1.80. The van der Waals surface area contributed by atoms with Crippen LogP contribution in [0.1, 0.15) is 38.4 Å². The van der Waals surface area contributed by atoms with Crippen LogP contribution in [0.2, 0.25) is 0 Å². The SMILES string of the molecule is Cc1nnc(SCC(=O)N[C@@H]2CCCC[C@@H]2C)n1C. The van der Waals surface area contributed by atoms with E-state index in [0.29, 0.717) is 17.7 Å². The van der Waals surface area contributed by atoms with Gasteiger partial charge in [0.15, 0.2) is 5.16 Å². The van der Waals surface area contributed by atoms with E-state index in [1.807, 2.05) is 18.5 Å². The molecule has 106 valence electrons. The van der Waals surface area contributed by atoms with E-state index in [1.165, 1.54) is 31.0 Å². The van der Waals surface area contributed by atoms with Crippen molar-refractivity contribution in [1.29, 1.82) is 0 Å². The average Bonchev–Trinajstić information content (AvgIpc) is 2.70. The second kappa shape index (κ2) is 6.41. The maximum Gasteiger partial charge on any atom is 0.230 e. The van der Waals surface area contributed by atoms with Gasteiger partial charge in [0.2, 0.25) is 5.91 Å². The Morgan fingerprint density at radius 3 is 2.79 bits per heavy atom. The van der Waals surface area contributed by atoms with E-state index < -0.39 is 0 Å². The lowest BCUT2D eigenvalue weighted by Crippen LogP contribution is -2.41. The molecule has 0 aromatic carbocycles. The van der Waals surface area contributed by atoms with Crippen LogP contribution in [0.3, 0.4) is 0 Å². The normalized spacial score (nSPS) is 23.3. The quantitative estimate of drug-likeness (QED) is 0.857. The van der Waals surface area contributed by atoms with E-state index in [2.05, 4.69) is 22.4 Å². The van der Waals surface area contributed by atoms with Gasteiger partial charge in [0, 0.05) is 13.1 Å². The maximum atomic E-state index is 12.0. The number of nitrogens with one attached hydrogen (secondary N) is 1. The van der Waals surface area contributed by atoms with Crippen molar-refractivity contribution < 1.29 is 4.79 Å². The molecule has 0 spiro atoms. The fourth-order valence-electron chi connectivity index (χ4n) is 2.42. The van der Waals surface area contributed by atoms with Crippen LogP contribution in [0.4, 0.5) is 0 Å². The molecule has 19 heavy (non-hydrogen) atoms. The Bertz CT molecular complexity index is 446. The summed E-state index contributed by atoms with van der Waals surface area (Å²) >= 11 is 1.44. The van der Waals surface area contributed by atoms with E-state index in [1.54, 1.807) is 0 Å². The van der Waals surface area contributed by atoms with Crippen molar-refractivity contribution in [2.75, 3.05) is 5.75 Å². The summed E-state index contributed by atoms with van der Waals surface area (Å²) in [5.74, 6) is 1.97. The molecule has 1 aromatic heterocycles. The van der Waals surface area contributed by atoms with Crippen LogP contribution in [-0.2, 0) is 11.8 Å². The first-order valence-electron chi connectivity index (χ1n) is 6.86. The van der Waals surface area contributed by atoms with Crippen molar-refractivity contribution in [3.63, 3.8) is 0 Å². The fraction of sp³-hybridized carbons (Fsp3) is 0.769. The third-order valence-electron chi connectivity index (χ3n) is 3.84. The summed E-state index contributed by atoms with van der Waals surface area (Å²) in [6.45, 7) is 4.13. The van der Waals surface area contributed by atoms with E-state index >= 15 is 0 Å². The molecule has 0 radical (unpaired) electrons. The highest BCUT2D eigenvalue weighted by Crippen LogP contribution is 2.24. The molecule has 5 nitrogen and oxygen atoms in total. The molecular weight excluding hydrogens is 260 g/mol. The Hall–Kier alpha value is -1.04. The zero-order chi connectivity index (χ0) is 13.8. The molecule has 6 heteroatoms. The van der Waals surface area contributed by atoms with E-state index in [4.69, 9.17) is 0 Å². The monoisotopic (exact) mass is 282 g/mol. The summed E-state index contributed by atoms with van der Waals surface area (Å²) < 4.78 is 1.90. The molecule has 1 fully saturated rings. The van der Waals surface area contributed by atoms with Crippen molar-refractivity contribution in [1.82, 2.24) is 20.1 Å². The lowest BCUT2D eigenvalue weighted by molar-refractivity contribution is -0.119. The standard InChI is InChI=1S/C13H22N4OS/c1-9-6-4-5-7-11(9)14-12(18)8-19-13-16-15-10(2)17(13)3/h9,11H,4-8H2,1-3H3,(H,14,18)/t9-,11+/m0/s1. The molecule has 0 aliphatic heterocycles. The zero-order valence-electron chi connectivity index (χ0n) is 11.8. The van der Waals surface area contributed by atoms with E-state index in [-0.39, 0.29) is 5.91 Å². The van der Waals surface area contributed by atoms with Crippen molar-refractivity contribution in [3.05, 3.63) is 5.82 Å². The summed E-state index contributed by atoms with van der Waals surface area (Å²) in [5, 5.41) is 12.0. The largest absolute Gasteiger partial charge is 0.352 e. The van der Waals surface area contributed by atoms with E-state index in [0.717, 1.165) is 17.4 Å². The molecule has 1 heterocycles. The van der Waals surface area contributed by atoms with Gasteiger partial charge in [-0.3, -0.25) is 4.79 Å². The first kappa shape index (κ1) is 14.4.